The third kappa shape index (κ3) is 3.53. The largest absolute Gasteiger partial charge is 0.480 e. The molecular weight excluding hydrogens is 340 g/mol. The molecular formula is C16H16N6O4. The minimum atomic E-state index is -0.468. The molecule has 0 aliphatic carbocycles. The van der Waals surface area contributed by atoms with Crippen molar-refractivity contribution in [3.63, 3.8) is 0 Å². The number of rotatable bonds is 6. The summed E-state index contributed by atoms with van der Waals surface area (Å²) in [7, 11) is 0. The summed E-state index contributed by atoms with van der Waals surface area (Å²) in [6.45, 7) is 1.94. The molecule has 0 amide bonds. The predicted molar refractivity (Wildman–Crippen MR) is 93.2 cm³/mol. The molecule has 10 nitrogen and oxygen atoms in total. The third-order valence-electron chi connectivity index (χ3n) is 3.58. The van der Waals surface area contributed by atoms with E-state index >= 15 is 0 Å². The average Bonchev–Trinajstić information content (AvgIpc) is 3.09. The normalized spacial score (nSPS) is 10.7. The van der Waals surface area contributed by atoms with E-state index in [1.54, 1.807) is 18.2 Å². The van der Waals surface area contributed by atoms with Crippen molar-refractivity contribution in [2.45, 2.75) is 20.0 Å². The van der Waals surface area contributed by atoms with E-state index in [2.05, 4.69) is 15.1 Å². The SMILES string of the molecule is CCc1nc(N)nc(N)c1OCc1cc(-c2cccc([N+](=O)[O-])c2)no1. The second-order valence-corrected chi connectivity index (χ2v) is 5.37. The minimum absolute atomic E-state index is 0.0253. The zero-order chi connectivity index (χ0) is 18.7. The number of nitrogen functional groups attached to an aromatic ring is 2. The Kier molecular flexibility index (Phi) is 4.65. The second-order valence-electron chi connectivity index (χ2n) is 5.37. The number of hydrogen-bond acceptors (Lipinski definition) is 9. The number of nitrogens with two attached hydrogens (primary N) is 2. The number of nitrogens with zero attached hydrogens (tertiary/aromatic N) is 4. The topological polar surface area (TPSA) is 156 Å². The number of ether oxygens (including phenoxy) is 1. The molecule has 3 aromatic rings. The van der Waals surface area contributed by atoms with Crippen LogP contribution in [0.3, 0.4) is 0 Å². The number of hydrogen-bond donors (Lipinski definition) is 2. The van der Waals surface area contributed by atoms with Crippen molar-refractivity contribution in [2.24, 2.45) is 0 Å². The van der Waals surface area contributed by atoms with E-state index in [4.69, 9.17) is 20.7 Å². The van der Waals surface area contributed by atoms with E-state index in [0.717, 1.165) is 0 Å². The van der Waals surface area contributed by atoms with Crippen molar-refractivity contribution in [1.29, 1.82) is 0 Å². The van der Waals surface area contributed by atoms with Crippen LogP contribution in [-0.4, -0.2) is 20.0 Å². The molecule has 1 aromatic carbocycles. The van der Waals surface area contributed by atoms with E-state index in [0.29, 0.717) is 34.9 Å². The number of nitro groups is 1. The number of non-ortho nitro benzene ring substituents is 1. The minimum Gasteiger partial charge on any atom is -0.480 e. The van der Waals surface area contributed by atoms with Crippen LogP contribution in [0.4, 0.5) is 17.5 Å². The number of aryl methyl sites for hydroxylation is 1. The maximum absolute atomic E-state index is 10.9. The number of anilines is 2. The molecule has 0 fully saturated rings. The van der Waals surface area contributed by atoms with Crippen molar-refractivity contribution < 1.29 is 14.2 Å². The van der Waals surface area contributed by atoms with E-state index in [1.807, 2.05) is 6.92 Å². The molecule has 0 unspecified atom stereocenters. The van der Waals surface area contributed by atoms with Gasteiger partial charge < -0.3 is 20.7 Å². The fourth-order valence-electron chi connectivity index (χ4n) is 2.37. The summed E-state index contributed by atoms with van der Waals surface area (Å²) >= 11 is 0. The Balaban J connectivity index is 1.78. The highest BCUT2D eigenvalue weighted by Crippen LogP contribution is 2.27. The fraction of sp³-hybridized carbons (Fsp3) is 0.188. The Morgan fingerprint density at radius 3 is 2.81 bits per heavy atom. The van der Waals surface area contributed by atoms with Gasteiger partial charge in [-0.25, -0.2) is 4.98 Å². The molecule has 0 spiro atoms. The highest BCUT2D eigenvalue weighted by Gasteiger charge is 2.15. The van der Waals surface area contributed by atoms with E-state index in [1.165, 1.54) is 12.1 Å². The Morgan fingerprint density at radius 2 is 2.08 bits per heavy atom. The van der Waals surface area contributed by atoms with Gasteiger partial charge in [0.25, 0.3) is 5.69 Å². The van der Waals surface area contributed by atoms with Crippen LogP contribution < -0.4 is 16.2 Å². The van der Waals surface area contributed by atoms with Gasteiger partial charge >= 0.3 is 0 Å². The molecule has 3 rings (SSSR count). The zero-order valence-corrected chi connectivity index (χ0v) is 13.9. The van der Waals surface area contributed by atoms with Gasteiger partial charge in [-0.2, -0.15) is 4.98 Å². The van der Waals surface area contributed by atoms with Crippen LogP contribution >= 0.6 is 0 Å². The van der Waals surface area contributed by atoms with Crippen LogP contribution in [0.5, 0.6) is 5.75 Å². The van der Waals surface area contributed by atoms with Gasteiger partial charge in [0.2, 0.25) is 5.95 Å². The first kappa shape index (κ1) is 17.1. The molecule has 2 heterocycles. The summed E-state index contributed by atoms with van der Waals surface area (Å²) in [6.07, 6.45) is 0.571. The van der Waals surface area contributed by atoms with Gasteiger partial charge in [0, 0.05) is 23.8 Å². The Labute approximate surface area is 147 Å². The van der Waals surface area contributed by atoms with Crippen LogP contribution in [0, 0.1) is 10.1 Å². The van der Waals surface area contributed by atoms with E-state index < -0.39 is 4.92 Å². The van der Waals surface area contributed by atoms with Crippen molar-refractivity contribution in [3.8, 4) is 17.0 Å². The first-order valence-electron chi connectivity index (χ1n) is 7.73. The molecule has 2 aromatic heterocycles. The molecule has 134 valence electrons. The van der Waals surface area contributed by atoms with Crippen LogP contribution in [0.1, 0.15) is 18.4 Å². The van der Waals surface area contributed by atoms with Crippen molar-refractivity contribution in [1.82, 2.24) is 15.1 Å². The van der Waals surface area contributed by atoms with Gasteiger partial charge in [-0.05, 0) is 6.42 Å². The van der Waals surface area contributed by atoms with Gasteiger partial charge in [-0.3, -0.25) is 10.1 Å². The monoisotopic (exact) mass is 356 g/mol. The molecule has 0 aliphatic rings. The molecule has 0 radical (unpaired) electrons. The third-order valence-corrected chi connectivity index (χ3v) is 3.58. The van der Waals surface area contributed by atoms with Crippen molar-refractivity contribution in [2.75, 3.05) is 11.5 Å². The Hall–Kier alpha value is -3.69. The van der Waals surface area contributed by atoms with Gasteiger partial charge in [0.1, 0.15) is 12.3 Å². The average molecular weight is 356 g/mol. The van der Waals surface area contributed by atoms with Crippen LogP contribution in [-0.2, 0) is 13.0 Å². The number of benzene rings is 1. The first-order valence-corrected chi connectivity index (χ1v) is 7.73. The summed E-state index contributed by atoms with van der Waals surface area (Å²) < 4.78 is 10.9. The summed E-state index contributed by atoms with van der Waals surface area (Å²) in [5.74, 6) is 0.992. The quantitative estimate of drug-likeness (QED) is 0.499. The maximum atomic E-state index is 10.9. The Morgan fingerprint density at radius 1 is 1.27 bits per heavy atom. The van der Waals surface area contributed by atoms with Crippen LogP contribution in [0.15, 0.2) is 34.9 Å². The predicted octanol–water partition coefficient (Wildman–Crippen LogP) is 2.35. The van der Waals surface area contributed by atoms with Gasteiger partial charge in [0.05, 0.1) is 10.6 Å². The van der Waals surface area contributed by atoms with E-state index in [-0.39, 0.29) is 24.1 Å². The molecule has 0 atom stereocenters. The van der Waals surface area contributed by atoms with Gasteiger partial charge in [0.15, 0.2) is 17.3 Å². The molecule has 4 N–H and O–H groups in total. The maximum Gasteiger partial charge on any atom is 0.270 e. The standard InChI is InChI=1S/C16H16N6O4/c1-2-12-14(15(17)20-16(18)19-12)25-8-11-7-13(21-26-11)9-4-3-5-10(6-9)22(23)24/h3-7H,2,8H2,1H3,(H4,17,18,19,20). The fourth-order valence-corrected chi connectivity index (χ4v) is 2.37. The summed E-state index contributed by atoms with van der Waals surface area (Å²) in [5, 5.41) is 14.8. The number of nitro benzene ring substituents is 1. The van der Waals surface area contributed by atoms with Gasteiger partial charge in [-0.1, -0.05) is 24.2 Å². The lowest BCUT2D eigenvalue weighted by molar-refractivity contribution is -0.384. The van der Waals surface area contributed by atoms with Crippen LogP contribution in [0.25, 0.3) is 11.3 Å². The van der Waals surface area contributed by atoms with Gasteiger partial charge in [-0.15, -0.1) is 0 Å². The van der Waals surface area contributed by atoms with E-state index in [9.17, 15) is 10.1 Å². The van der Waals surface area contributed by atoms with Crippen molar-refractivity contribution in [3.05, 3.63) is 51.9 Å². The summed E-state index contributed by atoms with van der Waals surface area (Å²) in [5.41, 5.74) is 13.0. The second kappa shape index (κ2) is 7.05. The molecule has 0 bridgehead atoms. The molecule has 26 heavy (non-hydrogen) atoms. The smallest absolute Gasteiger partial charge is 0.270 e. The lowest BCUT2D eigenvalue weighted by Gasteiger charge is -2.10. The molecule has 10 heteroatoms. The molecule has 0 aliphatic heterocycles. The highest BCUT2D eigenvalue weighted by molar-refractivity contribution is 5.62. The zero-order valence-electron chi connectivity index (χ0n) is 13.9. The summed E-state index contributed by atoms with van der Waals surface area (Å²) in [4.78, 5) is 18.4. The lowest BCUT2D eigenvalue weighted by atomic mass is 10.1. The Bertz CT molecular complexity index is 956. The van der Waals surface area contributed by atoms with Crippen molar-refractivity contribution >= 4 is 17.5 Å². The number of aromatic nitrogens is 3. The molecule has 0 saturated carbocycles. The lowest BCUT2D eigenvalue weighted by Crippen LogP contribution is -2.08. The molecule has 0 saturated heterocycles. The van der Waals surface area contributed by atoms with Crippen LogP contribution in [0.2, 0.25) is 0 Å². The summed E-state index contributed by atoms with van der Waals surface area (Å²) in [6, 6.07) is 7.75. The first-order chi connectivity index (χ1) is 12.5. The highest BCUT2D eigenvalue weighted by atomic mass is 16.6.